The van der Waals surface area contributed by atoms with E-state index in [1.54, 1.807) is 7.05 Å². The number of nitrogens with one attached hydrogen (secondary N) is 1. The molecule has 0 spiro atoms. The molecule has 1 rings (SSSR count). The molecule has 5 heteroatoms. The zero-order valence-corrected chi connectivity index (χ0v) is 9.38. The third kappa shape index (κ3) is 2.75. The largest absolute Gasteiger partial charge is 0.504 e. The molecule has 4 nitrogen and oxygen atoms in total. The zero-order valence-electron chi connectivity index (χ0n) is 8.62. The highest BCUT2D eigenvalue weighted by Gasteiger charge is 2.14. The van der Waals surface area contributed by atoms with Gasteiger partial charge in [-0.25, -0.2) is 0 Å². The van der Waals surface area contributed by atoms with Crippen LogP contribution in [0.25, 0.3) is 0 Å². The molecular formula is C10H14ClNO3. The van der Waals surface area contributed by atoms with E-state index >= 15 is 0 Å². The van der Waals surface area contributed by atoms with Crippen molar-refractivity contribution in [1.29, 1.82) is 0 Å². The van der Waals surface area contributed by atoms with Crippen LogP contribution in [-0.2, 0) is 0 Å². The lowest BCUT2D eigenvalue weighted by Gasteiger charge is -2.14. The van der Waals surface area contributed by atoms with Gasteiger partial charge in [-0.3, -0.25) is 0 Å². The van der Waals surface area contributed by atoms with Crippen LogP contribution in [0.15, 0.2) is 12.1 Å². The molecule has 1 aromatic carbocycles. The maximum absolute atomic E-state index is 9.69. The van der Waals surface area contributed by atoms with Crippen molar-refractivity contribution >= 4 is 11.6 Å². The minimum absolute atomic E-state index is 0.0351. The van der Waals surface area contributed by atoms with E-state index < -0.39 is 6.10 Å². The van der Waals surface area contributed by atoms with Crippen molar-refractivity contribution in [3.8, 4) is 11.5 Å². The Morgan fingerprint density at radius 2 is 2.20 bits per heavy atom. The van der Waals surface area contributed by atoms with E-state index in [4.69, 9.17) is 16.3 Å². The molecule has 3 N–H and O–H groups in total. The highest BCUT2D eigenvalue weighted by molar-refractivity contribution is 6.31. The van der Waals surface area contributed by atoms with Crippen LogP contribution < -0.4 is 10.1 Å². The Balaban J connectivity index is 3.04. The van der Waals surface area contributed by atoms with Gasteiger partial charge in [-0.05, 0) is 13.1 Å². The number of benzene rings is 1. The van der Waals surface area contributed by atoms with Gasteiger partial charge in [-0.2, -0.15) is 0 Å². The van der Waals surface area contributed by atoms with Crippen molar-refractivity contribution in [2.24, 2.45) is 0 Å². The first-order valence-electron chi connectivity index (χ1n) is 4.49. The number of likely N-dealkylation sites (N-methyl/N-ethyl adjacent to an activating group) is 1. The molecule has 15 heavy (non-hydrogen) atoms. The molecule has 0 fully saturated rings. The zero-order chi connectivity index (χ0) is 11.4. The monoisotopic (exact) mass is 231 g/mol. The van der Waals surface area contributed by atoms with Gasteiger partial charge in [-0.1, -0.05) is 11.6 Å². The molecule has 0 aliphatic heterocycles. The number of halogens is 1. The van der Waals surface area contributed by atoms with Crippen molar-refractivity contribution in [3.05, 3.63) is 22.7 Å². The number of ether oxygens (including phenoxy) is 1. The number of hydrogen-bond acceptors (Lipinski definition) is 4. The van der Waals surface area contributed by atoms with E-state index in [9.17, 15) is 10.2 Å². The Labute approximate surface area is 93.4 Å². The maximum atomic E-state index is 9.69. The van der Waals surface area contributed by atoms with Crippen LogP contribution in [-0.4, -0.2) is 30.9 Å². The summed E-state index contributed by atoms with van der Waals surface area (Å²) in [4.78, 5) is 0. The first-order valence-corrected chi connectivity index (χ1v) is 4.87. The van der Waals surface area contributed by atoms with Crippen molar-refractivity contribution in [1.82, 2.24) is 5.32 Å². The summed E-state index contributed by atoms with van der Waals surface area (Å²) in [6, 6.07) is 2.88. The molecule has 0 bridgehead atoms. The van der Waals surface area contributed by atoms with Crippen LogP contribution in [0.1, 0.15) is 11.7 Å². The van der Waals surface area contributed by atoms with Gasteiger partial charge in [0.05, 0.1) is 18.2 Å². The number of aromatic hydroxyl groups is 1. The predicted molar refractivity (Wildman–Crippen MR) is 58.6 cm³/mol. The molecule has 1 unspecified atom stereocenters. The van der Waals surface area contributed by atoms with Crippen LogP contribution in [0, 0.1) is 0 Å². The third-order valence-corrected chi connectivity index (χ3v) is 2.38. The SMILES string of the molecule is CNCC(O)c1cc(O)c(OC)cc1Cl. The fraction of sp³-hybridized carbons (Fsp3) is 0.400. The number of methoxy groups -OCH3 is 1. The molecule has 0 saturated carbocycles. The van der Waals surface area contributed by atoms with Crippen LogP contribution in [0.4, 0.5) is 0 Å². The second-order valence-corrected chi connectivity index (χ2v) is 3.53. The summed E-state index contributed by atoms with van der Waals surface area (Å²) in [5.41, 5.74) is 0.476. The topological polar surface area (TPSA) is 61.7 Å². The first-order chi connectivity index (χ1) is 7.10. The Morgan fingerprint density at radius 3 is 2.73 bits per heavy atom. The fourth-order valence-corrected chi connectivity index (χ4v) is 1.56. The lowest BCUT2D eigenvalue weighted by Crippen LogP contribution is -2.16. The molecule has 1 aromatic rings. The lowest BCUT2D eigenvalue weighted by atomic mass is 10.1. The molecule has 0 heterocycles. The van der Waals surface area contributed by atoms with Crippen molar-refractivity contribution in [2.45, 2.75) is 6.10 Å². The minimum atomic E-state index is -0.751. The molecule has 0 aromatic heterocycles. The number of aliphatic hydroxyl groups excluding tert-OH is 1. The van der Waals surface area contributed by atoms with Crippen LogP contribution in [0.5, 0.6) is 11.5 Å². The second kappa shape index (κ2) is 5.21. The molecular weight excluding hydrogens is 218 g/mol. The van der Waals surface area contributed by atoms with Crippen molar-refractivity contribution < 1.29 is 14.9 Å². The Kier molecular flexibility index (Phi) is 4.20. The normalized spacial score (nSPS) is 12.5. The predicted octanol–water partition coefficient (Wildman–Crippen LogP) is 1.31. The molecule has 0 radical (unpaired) electrons. The van der Waals surface area contributed by atoms with Gasteiger partial charge >= 0.3 is 0 Å². The van der Waals surface area contributed by atoms with Crippen molar-refractivity contribution in [2.75, 3.05) is 20.7 Å². The van der Waals surface area contributed by atoms with E-state index in [1.807, 2.05) is 0 Å². The Hall–Kier alpha value is -0.970. The van der Waals surface area contributed by atoms with Crippen molar-refractivity contribution in [3.63, 3.8) is 0 Å². The fourth-order valence-electron chi connectivity index (χ4n) is 1.28. The standard InChI is InChI=1S/C10H14ClNO3/c1-12-5-9(14)6-3-8(13)10(15-2)4-7(6)11/h3-4,9,12-14H,5H2,1-2H3. The van der Waals surface area contributed by atoms with Gasteiger partial charge in [-0.15, -0.1) is 0 Å². The van der Waals surface area contributed by atoms with Crippen LogP contribution in [0.3, 0.4) is 0 Å². The molecule has 0 amide bonds. The van der Waals surface area contributed by atoms with E-state index in [2.05, 4.69) is 5.32 Å². The quantitative estimate of drug-likeness (QED) is 0.731. The van der Waals surface area contributed by atoms with Gasteiger partial charge in [0.1, 0.15) is 0 Å². The average Bonchev–Trinajstić information content (AvgIpc) is 2.21. The summed E-state index contributed by atoms with van der Waals surface area (Å²) >= 11 is 5.93. The number of rotatable bonds is 4. The summed E-state index contributed by atoms with van der Waals surface area (Å²) in [6.07, 6.45) is -0.751. The first kappa shape index (κ1) is 12.1. The molecule has 1 atom stereocenters. The average molecular weight is 232 g/mol. The summed E-state index contributed by atoms with van der Waals surface area (Å²) in [7, 11) is 3.16. The second-order valence-electron chi connectivity index (χ2n) is 3.12. The smallest absolute Gasteiger partial charge is 0.161 e. The highest BCUT2D eigenvalue weighted by atomic mass is 35.5. The van der Waals surface area contributed by atoms with Gasteiger partial charge in [0, 0.05) is 18.2 Å². The number of phenols is 1. The summed E-state index contributed by atoms with van der Waals surface area (Å²) in [5.74, 6) is 0.257. The molecule has 0 saturated heterocycles. The van der Waals surface area contributed by atoms with Gasteiger partial charge in [0.15, 0.2) is 11.5 Å². The van der Waals surface area contributed by atoms with Crippen LogP contribution >= 0.6 is 11.6 Å². The van der Waals surface area contributed by atoms with Gasteiger partial charge in [0.25, 0.3) is 0 Å². The Morgan fingerprint density at radius 1 is 1.53 bits per heavy atom. The van der Waals surface area contributed by atoms with E-state index in [1.165, 1.54) is 19.2 Å². The third-order valence-electron chi connectivity index (χ3n) is 2.05. The highest BCUT2D eigenvalue weighted by Crippen LogP contribution is 2.34. The van der Waals surface area contributed by atoms with E-state index in [-0.39, 0.29) is 5.75 Å². The molecule has 0 aliphatic carbocycles. The number of aliphatic hydroxyl groups is 1. The lowest BCUT2D eigenvalue weighted by molar-refractivity contribution is 0.177. The maximum Gasteiger partial charge on any atom is 0.161 e. The Bertz CT molecular complexity index is 344. The summed E-state index contributed by atoms with van der Waals surface area (Å²) in [6.45, 7) is 0.367. The van der Waals surface area contributed by atoms with Crippen LogP contribution in [0.2, 0.25) is 5.02 Å². The van der Waals surface area contributed by atoms with Gasteiger partial charge in [0.2, 0.25) is 0 Å². The van der Waals surface area contributed by atoms with E-state index in [0.29, 0.717) is 22.9 Å². The minimum Gasteiger partial charge on any atom is -0.504 e. The summed E-state index contributed by atoms with van der Waals surface area (Å²) < 4.78 is 4.89. The molecule has 0 aliphatic rings. The number of hydrogen-bond donors (Lipinski definition) is 3. The van der Waals surface area contributed by atoms with E-state index in [0.717, 1.165) is 0 Å². The van der Waals surface area contributed by atoms with Gasteiger partial charge < -0.3 is 20.3 Å². The number of phenolic OH excluding ortho intramolecular Hbond substituents is 1. The molecule has 84 valence electrons. The summed E-state index contributed by atoms with van der Waals surface area (Å²) in [5, 5.41) is 22.4.